The molecule has 0 radical (unpaired) electrons. The molecule has 1 aromatic heterocycles. The molecule has 2 aromatic rings. The van der Waals surface area contributed by atoms with Crippen LogP contribution in [-0.4, -0.2) is 59.6 Å². The van der Waals surface area contributed by atoms with Gasteiger partial charge >= 0.3 is 0 Å². The summed E-state index contributed by atoms with van der Waals surface area (Å²) in [6, 6.07) is 9.06. The molecule has 128 valence electrons. The summed E-state index contributed by atoms with van der Waals surface area (Å²) in [5.74, 6) is 0.396. The minimum absolute atomic E-state index is 0.0282. The number of carbonyl (C=O) groups is 1. The van der Waals surface area contributed by atoms with Crippen molar-refractivity contribution in [3.8, 4) is 5.75 Å². The molecular formula is C17H20N2O5. The van der Waals surface area contributed by atoms with Gasteiger partial charge in [0.25, 0.3) is 5.91 Å². The number of nitrogens with zero attached hydrogens (tertiary/aromatic N) is 2. The summed E-state index contributed by atoms with van der Waals surface area (Å²) in [6.45, 7) is 2.88. The Morgan fingerprint density at radius 1 is 1.42 bits per heavy atom. The first kappa shape index (κ1) is 16.5. The lowest BCUT2D eigenvalue weighted by molar-refractivity contribution is -0.0622. The van der Waals surface area contributed by atoms with Crippen LogP contribution < -0.4 is 4.74 Å². The van der Waals surface area contributed by atoms with Crippen LogP contribution in [0.15, 0.2) is 41.1 Å². The third kappa shape index (κ3) is 3.74. The zero-order chi connectivity index (χ0) is 17.0. The van der Waals surface area contributed by atoms with E-state index < -0.39 is 5.60 Å². The van der Waals surface area contributed by atoms with Crippen molar-refractivity contribution in [2.75, 3.05) is 32.9 Å². The van der Waals surface area contributed by atoms with E-state index in [1.807, 2.05) is 31.2 Å². The topological polar surface area (TPSA) is 85.0 Å². The van der Waals surface area contributed by atoms with Crippen LogP contribution in [0.3, 0.4) is 0 Å². The molecule has 1 aromatic carbocycles. The summed E-state index contributed by atoms with van der Waals surface area (Å²) in [5, 5.41) is 14.5. The molecule has 7 nitrogen and oxygen atoms in total. The van der Waals surface area contributed by atoms with Gasteiger partial charge in [0.05, 0.1) is 19.8 Å². The van der Waals surface area contributed by atoms with Crippen molar-refractivity contribution in [3.63, 3.8) is 0 Å². The predicted molar refractivity (Wildman–Crippen MR) is 84.8 cm³/mol. The lowest BCUT2D eigenvalue weighted by Gasteiger charge is -2.30. The molecule has 1 amide bonds. The van der Waals surface area contributed by atoms with Gasteiger partial charge < -0.3 is 24.0 Å². The summed E-state index contributed by atoms with van der Waals surface area (Å²) < 4.78 is 15.9. The van der Waals surface area contributed by atoms with Gasteiger partial charge in [-0.25, -0.2) is 0 Å². The van der Waals surface area contributed by atoms with E-state index in [0.29, 0.717) is 18.9 Å². The van der Waals surface area contributed by atoms with Crippen molar-refractivity contribution in [2.24, 2.45) is 0 Å². The second-order valence-corrected chi connectivity index (χ2v) is 5.94. The van der Waals surface area contributed by atoms with E-state index in [0.717, 1.165) is 5.56 Å². The molecule has 1 aliphatic heterocycles. The number of β-amino-alcohol motifs (C(OH)–C–C–N with tert-alkyl or cyclic N) is 1. The Morgan fingerprint density at radius 3 is 3.00 bits per heavy atom. The number of ether oxygens (including phenoxy) is 2. The quantitative estimate of drug-likeness (QED) is 0.907. The van der Waals surface area contributed by atoms with E-state index in [9.17, 15) is 9.90 Å². The molecule has 1 fully saturated rings. The average molecular weight is 332 g/mol. The number of aliphatic hydroxyl groups is 1. The van der Waals surface area contributed by atoms with Gasteiger partial charge in [0.15, 0.2) is 5.69 Å². The standard InChI is InChI=1S/C17H20N2O5/c1-13-4-2-3-5-15(13)23-12-17(21)10-19(7-9-22-11-17)16(20)14-6-8-24-18-14/h2-6,8,21H,7,9-12H2,1H3. The maximum absolute atomic E-state index is 12.4. The molecule has 0 bridgehead atoms. The fourth-order valence-electron chi connectivity index (χ4n) is 2.59. The van der Waals surface area contributed by atoms with Gasteiger partial charge in [-0.05, 0) is 18.6 Å². The lowest BCUT2D eigenvalue weighted by atomic mass is 10.1. The van der Waals surface area contributed by atoms with E-state index >= 15 is 0 Å². The smallest absolute Gasteiger partial charge is 0.276 e. The molecule has 1 N–H and O–H groups in total. The monoisotopic (exact) mass is 332 g/mol. The number of aryl methyl sites for hydroxylation is 1. The van der Waals surface area contributed by atoms with Crippen LogP contribution in [-0.2, 0) is 4.74 Å². The van der Waals surface area contributed by atoms with Crippen molar-refractivity contribution in [1.82, 2.24) is 10.1 Å². The number of aromatic nitrogens is 1. The minimum atomic E-state index is -1.29. The fraction of sp³-hybridized carbons (Fsp3) is 0.412. The van der Waals surface area contributed by atoms with Gasteiger partial charge in [-0.1, -0.05) is 23.4 Å². The van der Waals surface area contributed by atoms with Gasteiger partial charge in [0.2, 0.25) is 0 Å². The summed E-state index contributed by atoms with van der Waals surface area (Å²) >= 11 is 0. The molecule has 3 rings (SSSR count). The summed E-state index contributed by atoms with van der Waals surface area (Å²) in [4.78, 5) is 13.9. The fourth-order valence-corrected chi connectivity index (χ4v) is 2.59. The molecule has 0 spiro atoms. The number of hydrogen-bond donors (Lipinski definition) is 1. The molecule has 1 unspecified atom stereocenters. The Labute approximate surface area is 139 Å². The largest absolute Gasteiger partial charge is 0.490 e. The molecule has 1 atom stereocenters. The van der Waals surface area contributed by atoms with Crippen molar-refractivity contribution >= 4 is 5.91 Å². The highest BCUT2D eigenvalue weighted by Gasteiger charge is 2.36. The van der Waals surface area contributed by atoms with Gasteiger partial charge in [-0.2, -0.15) is 0 Å². The Bertz CT molecular complexity index is 688. The Hall–Kier alpha value is -2.38. The average Bonchev–Trinajstić information content (AvgIpc) is 3.04. The molecular weight excluding hydrogens is 312 g/mol. The van der Waals surface area contributed by atoms with Crippen molar-refractivity contribution in [3.05, 3.63) is 47.9 Å². The van der Waals surface area contributed by atoms with Crippen molar-refractivity contribution in [1.29, 1.82) is 0 Å². The van der Waals surface area contributed by atoms with Crippen LogP contribution in [0.5, 0.6) is 5.75 Å². The van der Waals surface area contributed by atoms with Gasteiger partial charge in [0, 0.05) is 12.6 Å². The third-order valence-corrected chi connectivity index (χ3v) is 3.90. The first-order valence-electron chi connectivity index (χ1n) is 7.76. The molecule has 0 saturated carbocycles. The summed E-state index contributed by atoms with van der Waals surface area (Å²) in [5.41, 5.74) is -0.108. The van der Waals surface area contributed by atoms with E-state index in [4.69, 9.17) is 14.0 Å². The van der Waals surface area contributed by atoms with Gasteiger partial charge in [-0.15, -0.1) is 0 Å². The summed E-state index contributed by atoms with van der Waals surface area (Å²) in [6.07, 6.45) is 1.34. The first-order chi connectivity index (χ1) is 11.6. The maximum Gasteiger partial charge on any atom is 0.276 e. The maximum atomic E-state index is 12.4. The predicted octanol–water partition coefficient (Wildman–Crippen LogP) is 1.27. The normalized spacial score (nSPS) is 21.3. The van der Waals surface area contributed by atoms with Crippen LogP contribution in [0, 0.1) is 6.92 Å². The highest BCUT2D eigenvalue weighted by Crippen LogP contribution is 2.20. The Morgan fingerprint density at radius 2 is 2.25 bits per heavy atom. The second kappa shape index (κ2) is 7.02. The number of rotatable bonds is 4. The van der Waals surface area contributed by atoms with Crippen LogP contribution >= 0.6 is 0 Å². The van der Waals surface area contributed by atoms with Crippen LogP contribution in [0.25, 0.3) is 0 Å². The van der Waals surface area contributed by atoms with Crippen LogP contribution in [0.1, 0.15) is 16.1 Å². The Kier molecular flexibility index (Phi) is 4.82. The van der Waals surface area contributed by atoms with Crippen LogP contribution in [0.4, 0.5) is 0 Å². The first-order valence-corrected chi connectivity index (χ1v) is 7.76. The third-order valence-electron chi connectivity index (χ3n) is 3.90. The second-order valence-electron chi connectivity index (χ2n) is 5.94. The van der Waals surface area contributed by atoms with Crippen molar-refractivity contribution < 1.29 is 23.9 Å². The number of carbonyl (C=O) groups excluding carboxylic acids is 1. The van der Waals surface area contributed by atoms with E-state index in [1.165, 1.54) is 17.2 Å². The minimum Gasteiger partial charge on any atom is -0.490 e. The molecule has 2 heterocycles. The molecule has 1 aliphatic rings. The van der Waals surface area contributed by atoms with Gasteiger partial charge in [0.1, 0.15) is 24.2 Å². The zero-order valence-electron chi connectivity index (χ0n) is 13.5. The van der Waals surface area contributed by atoms with Gasteiger partial charge in [-0.3, -0.25) is 4.79 Å². The van der Waals surface area contributed by atoms with E-state index in [-0.39, 0.29) is 31.4 Å². The lowest BCUT2D eigenvalue weighted by Crippen LogP contribution is -2.50. The summed E-state index contributed by atoms with van der Waals surface area (Å²) in [7, 11) is 0. The molecule has 24 heavy (non-hydrogen) atoms. The SMILES string of the molecule is Cc1ccccc1OCC1(O)COCCN(C(=O)c2ccon2)C1. The zero-order valence-corrected chi connectivity index (χ0v) is 13.5. The number of amides is 1. The molecule has 7 heteroatoms. The molecule has 1 saturated heterocycles. The van der Waals surface area contributed by atoms with Crippen LogP contribution in [0.2, 0.25) is 0 Å². The molecule has 0 aliphatic carbocycles. The highest BCUT2D eigenvalue weighted by molar-refractivity contribution is 5.92. The van der Waals surface area contributed by atoms with E-state index in [1.54, 1.807) is 0 Å². The Balaban J connectivity index is 1.69. The number of benzene rings is 1. The highest BCUT2D eigenvalue weighted by atomic mass is 16.5. The van der Waals surface area contributed by atoms with Crippen molar-refractivity contribution in [2.45, 2.75) is 12.5 Å². The number of para-hydroxylation sites is 1. The number of hydrogen-bond acceptors (Lipinski definition) is 6. The van der Waals surface area contributed by atoms with E-state index in [2.05, 4.69) is 5.16 Å².